The number of phenolic OH excluding ortho intramolecular Hbond substituents is 1. The number of aryl methyl sites for hydroxylation is 3. The molecule has 0 unspecified atom stereocenters. The van der Waals surface area contributed by atoms with E-state index in [0.29, 0.717) is 11.7 Å². The molecule has 92 valence electrons. The SMILES string of the molecule is Cc1cc(O)c2c(C)c(CCC(C)C)oc2c1. The van der Waals surface area contributed by atoms with Crippen LogP contribution in [0.3, 0.4) is 0 Å². The van der Waals surface area contributed by atoms with Gasteiger partial charge in [0.2, 0.25) is 0 Å². The fourth-order valence-electron chi connectivity index (χ4n) is 2.20. The number of phenols is 1. The minimum Gasteiger partial charge on any atom is -0.507 e. The van der Waals surface area contributed by atoms with E-state index in [4.69, 9.17) is 4.42 Å². The molecule has 2 aromatic rings. The second-order valence-electron chi connectivity index (χ2n) is 5.24. The maximum absolute atomic E-state index is 9.96. The van der Waals surface area contributed by atoms with Gasteiger partial charge in [-0.25, -0.2) is 0 Å². The Labute approximate surface area is 102 Å². The summed E-state index contributed by atoms with van der Waals surface area (Å²) in [5, 5.41) is 10.8. The summed E-state index contributed by atoms with van der Waals surface area (Å²) in [5.74, 6) is 2.00. The Morgan fingerprint density at radius 3 is 2.59 bits per heavy atom. The molecule has 2 nitrogen and oxygen atoms in total. The fraction of sp³-hybridized carbons (Fsp3) is 0.467. The maximum Gasteiger partial charge on any atom is 0.138 e. The summed E-state index contributed by atoms with van der Waals surface area (Å²) >= 11 is 0. The normalized spacial score (nSPS) is 11.6. The zero-order valence-corrected chi connectivity index (χ0v) is 11.0. The Kier molecular flexibility index (Phi) is 3.14. The van der Waals surface area contributed by atoms with Gasteiger partial charge in [0, 0.05) is 12.0 Å². The van der Waals surface area contributed by atoms with Gasteiger partial charge in [-0.1, -0.05) is 13.8 Å². The lowest BCUT2D eigenvalue weighted by molar-refractivity contribution is 0.480. The topological polar surface area (TPSA) is 33.4 Å². The molecule has 1 heterocycles. The van der Waals surface area contributed by atoms with Crippen LogP contribution in [0.25, 0.3) is 11.0 Å². The molecular weight excluding hydrogens is 212 g/mol. The highest BCUT2D eigenvalue weighted by Crippen LogP contribution is 2.34. The van der Waals surface area contributed by atoms with Gasteiger partial charge in [-0.05, 0) is 43.9 Å². The summed E-state index contributed by atoms with van der Waals surface area (Å²) in [6, 6.07) is 3.78. The Hall–Kier alpha value is -1.44. The van der Waals surface area contributed by atoms with Gasteiger partial charge in [0.1, 0.15) is 17.1 Å². The highest BCUT2D eigenvalue weighted by Gasteiger charge is 2.14. The number of furan rings is 1. The molecule has 1 aromatic carbocycles. The van der Waals surface area contributed by atoms with Crippen LogP contribution in [0, 0.1) is 19.8 Å². The monoisotopic (exact) mass is 232 g/mol. The van der Waals surface area contributed by atoms with Crippen LogP contribution in [-0.2, 0) is 6.42 Å². The van der Waals surface area contributed by atoms with Crippen LogP contribution in [0.2, 0.25) is 0 Å². The number of aromatic hydroxyl groups is 1. The first-order valence-electron chi connectivity index (χ1n) is 6.20. The zero-order valence-electron chi connectivity index (χ0n) is 11.0. The van der Waals surface area contributed by atoms with Crippen molar-refractivity contribution in [2.45, 2.75) is 40.5 Å². The van der Waals surface area contributed by atoms with Crippen LogP contribution in [0.4, 0.5) is 0 Å². The summed E-state index contributed by atoms with van der Waals surface area (Å²) in [6.07, 6.45) is 2.05. The molecular formula is C15H20O2. The summed E-state index contributed by atoms with van der Waals surface area (Å²) in [7, 11) is 0. The van der Waals surface area contributed by atoms with Crippen LogP contribution in [-0.4, -0.2) is 5.11 Å². The van der Waals surface area contributed by atoms with Crippen LogP contribution >= 0.6 is 0 Å². The second kappa shape index (κ2) is 4.44. The molecule has 0 aliphatic rings. The molecule has 0 aliphatic heterocycles. The summed E-state index contributed by atoms with van der Waals surface area (Å²) in [5.41, 5.74) is 2.91. The van der Waals surface area contributed by atoms with Crippen molar-refractivity contribution in [2.75, 3.05) is 0 Å². The number of benzene rings is 1. The largest absolute Gasteiger partial charge is 0.507 e. The lowest BCUT2D eigenvalue weighted by atomic mass is 10.0. The van der Waals surface area contributed by atoms with Crippen molar-refractivity contribution >= 4 is 11.0 Å². The molecule has 2 heteroatoms. The Balaban J connectivity index is 2.45. The van der Waals surface area contributed by atoms with E-state index in [0.717, 1.165) is 40.7 Å². The number of fused-ring (bicyclic) bond motifs is 1. The van der Waals surface area contributed by atoms with E-state index >= 15 is 0 Å². The van der Waals surface area contributed by atoms with Crippen molar-refractivity contribution < 1.29 is 9.52 Å². The van der Waals surface area contributed by atoms with Gasteiger partial charge >= 0.3 is 0 Å². The Bertz CT molecular complexity index is 535. The van der Waals surface area contributed by atoms with E-state index in [1.165, 1.54) is 0 Å². The van der Waals surface area contributed by atoms with E-state index in [2.05, 4.69) is 13.8 Å². The van der Waals surface area contributed by atoms with Gasteiger partial charge in [-0.3, -0.25) is 0 Å². The van der Waals surface area contributed by atoms with E-state index in [1.807, 2.05) is 19.9 Å². The van der Waals surface area contributed by atoms with Crippen molar-refractivity contribution in [1.82, 2.24) is 0 Å². The van der Waals surface area contributed by atoms with E-state index in [1.54, 1.807) is 6.07 Å². The lowest BCUT2D eigenvalue weighted by Gasteiger charge is -2.02. The average molecular weight is 232 g/mol. The molecule has 0 amide bonds. The van der Waals surface area contributed by atoms with E-state index in [-0.39, 0.29) is 0 Å². The van der Waals surface area contributed by atoms with Gasteiger partial charge in [-0.2, -0.15) is 0 Å². The zero-order chi connectivity index (χ0) is 12.6. The quantitative estimate of drug-likeness (QED) is 0.853. The van der Waals surface area contributed by atoms with Crippen molar-refractivity contribution in [1.29, 1.82) is 0 Å². The number of hydrogen-bond acceptors (Lipinski definition) is 2. The van der Waals surface area contributed by atoms with Crippen LogP contribution in [0.1, 0.15) is 37.2 Å². The Morgan fingerprint density at radius 2 is 1.94 bits per heavy atom. The third kappa shape index (κ3) is 2.31. The number of hydrogen-bond donors (Lipinski definition) is 1. The van der Waals surface area contributed by atoms with E-state index in [9.17, 15) is 5.11 Å². The van der Waals surface area contributed by atoms with Crippen molar-refractivity contribution in [3.63, 3.8) is 0 Å². The van der Waals surface area contributed by atoms with Gasteiger partial charge in [-0.15, -0.1) is 0 Å². The Morgan fingerprint density at radius 1 is 1.24 bits per heavy atom. The predicted octanol–water partition coefficient (Wildman–Crippen LogP) is 4.34. The van der Waals surface area contributed by atoms with Gasteiger partial charge < -0.3 is 9.52 Å². The summed E-state index contributed by atoms with van der Waals surface area (Å²) < 4.78 is 5.85. The highest BCUT2D eigenvalue weighted by atomic mass is 16.3. The predicted molar refractivity (Wildman–Crippen MR) is 70.5 cm³/mol. The minimum atomic E-state index is 0.331. The van der Waals surface area contributed by atoms with Gasteiger partial charge in [0.25, 0.3) is 0 Å². The fourth-order valence-corrected chi connectivity index (χ4v) is 2.20. The maximum atomic E-state index is 9.96. The summed E-state index contributed by atoms with van der Waals surface area (Å²) in [4.78, 5) is 0. The standard InChI is InChI=1S/C15H20O2/c1-9(2)5-6-13-11(4)15-12(16)7-10(3)8-14(15)17-13/h7-9,16H,5-6H2,1-4H3. The molecule has 0 saturated heterocycles. The first-order chi connectivity index (χ1) is 7.99. The van der Waals surface area contributed by atoms with E-state index < -0.39 is 0 Å². The van der Waals surface area contributed by atoms with Crippen molar-refractivity contribution in [3.8, 4) is 5.75 Å². The van der Waals surface area contributed by atoms with Crippen LogP contribution in [0.15, 0.2) is 16.5 Å². The highest BCUT2D eigenvalue weighted by molar-refractivity contribution is 5.88. The van der Waals surface area contributed by atoms with Crippen LogP contribution < -0.4 is 0 Å². The van der Waals surface area contributed by atoms with Crippen molar-refractivity contribution in [2.24, 2.45) is 5.92 Å². The first-order valence-corrected chi connectivity index (χ1v) is 6.20. The molecule has 0 atom stereocenters. The van der Waals surface area contributed by atoms with Crippen LogP contribution in [0.5, 0.6) is 5.75 Å². The third-order valence-electron chi connectivity index (χ3n) is 3.20. The molecule has 0 bridgehead atoms. The smallest absolute Gasteiger partial charge is 0.138 e. The molecule has 17 heavy (non-hydrogen) atoms. The summed E-state index contributed by atoms with van der Waals surface area (Å²) in [6.45, 7) is 8.40. The minimum absolute atomic E-state index is 0.331. The number of rotatable bonds is 3. The molecule has 1 N–H and O–H groups in total. The van der Waals surface area contributed by atoms with Gasteiger partial charge in [0.15, 0.2) is 0 Å². The van der Waals surface area contributed by atoms with Gasteiger partial charge in [0.05, 0.1) is 5.39 Å². The average Bonchev–Trinajstić information content (AvgIpc) is 2.52. The third-order valence-corrected chi connectivity index (χ3v) is 3.20. The van der Waals surface area contributed by atoms with Crippen molar-refractivity contribution in [3.05, 3.63) is 29.0 Å². The molecule has 0 spiro atoms. The molecule has 0 saturated carbocycles. The molecule has 1 aromatic heterocycles. The lowest BCUT2D eigenvalue weighted by Crippen LogP contribution is -1.91. The second-order valence-corrected chi connectivity index (χ2v) is 5.24. The molecule has 0 fully saturated rings. The molecule has 0 radical (unpaired) electrons. The molecule has 2 rings (SSSR count). The first kappa shape index (κ1) is 12.0. The molecule has 0 aliphatic carbocycles.